The van der Waals surface area contributed by atoms with Crippen LogP contribution in [-0.2, 0) is 18.3 Å². The van der Waals surface area contributed by atoms with Gasteiger partial charge in [0, 0.05) is 12.0 Å². The molecular formula is C35H36O. The predicted molar refractivity (Wildman–Crippen MR) is 149 cm³/mol. The van der Waals surface area contributed by atoms with E-state index in [1.54, 1.807) is 11.1 Å². The first-order chi connectivity index (χ1) is 17.6. The molecule has 0 radical (unpaired) electrons. The summed E-state index contributed by atoms with van der Waals surface area (Å²) in [5.41, 5.74) is 6.35. The lowest BCUT2D eigenvalue weighted by Crippen LogP contribution is -2.48. The van der Waals surface area contributed by atoms with Crippen LogP contribution in [0.3, 0.4) is 0 Å². The van der Waals surface area contributed by atoms with Crippen molar-refractivity contribution in [3.63, 3.8) is 0 Å². The van der Waals surface area contributed by atoms with Crippen molar-refractivity contribution in [2.24, 2.45) is 17.8 Å². The molecule has 0 aromatic heterocycles. The third-order valence-electron chi connectivity index (χ3n) is 10.3. The van der Waals surface area contributed by atoms with Crippen LogP contribution in [0.5, 0.6) is 5.75 Å². The van der Waals surface area contributed by atoms with Gasteiger partial charge < -0.3 is 4.74 Å². The van der Waals surface area contributed by atoms with Gasteiger partial charge in [0.1, 0.15) is 11.9 Å². The Morgan fingerprint density at radius 2 is 1.50 bits per heavy atom. The van der Waals surface area contributed by atoms with Crippen molar-refractivity contribution in [1.29, 1.82) is 0 Å². The zero-order valence-electron chi connectivity index (χ0n) is 21.4. The zero-order chi connectivity index (χ0) is 23.9. The van der Waals surface area contributed by atoms with E-state index in [1.807, 2.05) is 0 Å². The van der Waals surface area contributed by atoms with Gasteiger partial charge in [-0.1, -0.05) is 66.2 Å². The van der Waals surface area contributed by atoms with E-state index in [0.717, 1.165) is 37.0 Å². The molecule has 1 heteroatoms. The Morgan fingerprint density at radius 1 is 0.750 bits per heavy atom. The van der Waals surface area contributed by atoms with E-state index in [2.05, 4.69) is 73.7 Å². The van der Waals surface area contributed by atoms with Gasteiger partial charge in [-0.3, -0.25) is 0 Å². The van der Waals surface area contributed by atoms with Crippen molar-refractivity contribution in [3.05, 3.63) is 89.0 Å². The van der Waals surface area contributed by atoms with Gasteiger partial charge in [-0.25, -0.2) is 0 Å². The normalized spacial score (nSPS) is 30.6. The van der Waals surface area contributed by atoms with E-state index in [-0.39, 0.29) is 6.10 Å². The van der Waals surface area contributed by atoms with Crippen molar-refractivity contribution in [2.75, 3.05) is 0 Å². The minimum atomic E-state index is 0.269. The number of ether oxygens (including phenoxy) is 1. The van der Waals surface area contributed by atoms with Crippen LogP contribution in [0.2, 0.25) is 0 Å². The first-order valence-electron chi connectivity index (χ1n) is 14.3. The van der Waals surface area contributed by atoms with Gasteiger partial charge in [-0.15, -0.1) is 0 Å². The second kappa shape index (κ2) is 7.85. The van der Waals surface area contributed by atoms with E-state index < -0.39 is 0 Å². The first-order valence-corrected chi connectivity index (χ1v) is 14.3. The summed E-state index contributed by atoms with van der Waals surface area (Å²) in [4.78, 5) is 0. The molecule has 36 heavy (non-hydrogen) atoms. The van der Waals surface area contributed by atoms with Crippen LogP contribution in [0.25, 0.3) is 21.5 Å². The third-order valence-corrected chi connectivity index (χ3v) is 10.3. The van der Waals surface area contributed by atoms with Gasteiger partial charge in [0.05, 0.1) is 0 Å². The summed E-state index contributed by atoms with van der Waals surface area (Å²) in [6.45, 7) is 2.26. The van der Waals surface area contributed by atoms with Gasteiger partial charge in [0.25, 0.3) is 0 Å². The van der Waals surface area contributed by atoms with E-state index in [1.165, 1.54) is 76.9 Å². The number of fused-ring (bicyclic) bond motifs is 5. The van der Waals surface area contributed by atoms with Gasteiger partial charge in [-0.2, -0.15) is 0 Å². The molecule has 1 atom stereocenters. The lowest BCUT2D eigenvalue weighted by atomic mass is 9.48. The van der Waals surface area contributed by atoms with Crippen molar-refractivity contribution < 1.29 is 4.74 Å². The maximum Gasteiger partial charge on any atom is 0.123 e. The standard InChI is InChI=1S/C35H36O/c1-22-6-13-34(33(14-22)35-19-23-15-24(20-35)17-25(16-23)21-35)36-28-9-12-30-27(18-28)8-11-31-29-5-3-2-4-26(29)7-10-32(30)31/h2-8,10-11,13-14,23-25,28H,9,12,15-21H2,1H3. The van der Waals surface area contributed by atoms with Crippen molar-refractivity contribution >= 4 is 21.5 Å². The fourth-order valence-electron chi connectivity index (χ4n) is 9.22. The van der Waals surface area contributed by atoms with Crippen molar-refractivity contribution in [3.8, 4) is 5.75 Å². The van der Waals surface area contributed by atoms with E-state index in [9.17, 15) is 0 Å². The molecule has 1 unspecified atom stereocenters. The summed E-state index contributed by atoms with van der Waals surface area (Å²) in [5.74, 6) is 4.06. The Labute approximate surface area is 214 Å². The summed E-state index contributed by atoms with van der Waals surface area (Å²) >= 11 is 0. The summed E-state index contributed by atoms with van der Waals surface area (Å²) in [6, 6.07) is 25.3. The Morgan fingerprint density at radius 3 is 2.31 bits per heavy atom. The molecule has 0 saturated heterocycles. The van der Waals surface area contributed by atoms with Crippen LogP contribution in [0.15, 0.2) is 66.7 Å². The Hall–Kier alpha value is -2.80. The number of rotatable bonds is 3. The minimum absolute atomic E-state index is 0.269. The predicted octanol–water partition coefficient (Wildman–Crippen LogP) is 8.71. The highest BCUT2D eigenvalue weighted by atomic mass is 16.5. The summed E-state index contributed by atoms with van der Waals surface area (Å²) < 4.78 is 6.97. The molecule has 5 aliphatic rings. The average molecular weight is 473 g/mol. The van der Waals surface area contributed by atoms with Crippen LogP contribution >= 0.6 is 0 Å². The van der Waals surface area contributed by atoms with Gasteiger partial charge in [-0.05, 0) is 120 Å². The topological polar surface area (TPSA) is 9.23 Å². The second-order valence-electron chi connectivity index (χ2n) is 12.8. The van der Waals surface area contributed by atoms with E-state index in [0.29, 0.717) is 5.41 Å². The zero-order valence-corrected chi connectivity index (χ0v) is 21.4. The summed E-state index contributed by atoms with van der Waals surface area (Å²) in [6.07, 6.45) is 12.2. The highest BCUT2D eigenvalue weighted by Crippen LogP contribution is 2.62. The monoisotopic (exact) mass is 472 g/mol. The quantitative estimate of drug-likeness (QED) is 0.271. The molecule has 4 aromatic carbocycles. The maximum atomic E-state index is 6.97. The molecule has 0 N–H and O–H groups in total. The minimum Gasteiger partial charge on any atom is -0.490 e. The number of hydrogen-bond acceptors (Lipinski definition) is 1. The first kappa shape index (κ1) is 21.3. The molecule has 0 aliphatic heterocycles. The lowest BCUT2D eigenvalue weighted by molar-refractivity contribution is -0.00702. The van der Waals surface area contributed by atoms with Crippen LogP contribution in [0, 0.1) is 24.7 Å². The van der Waals surface area contributed by atoms with Gasteiger partial charge in [0.15, 0.2) is 0 Å². The smallest absolute Gasteiger partial charge is 0.123 e. The fourth-order valence-corrected chi connectivity index (χ4v) is 9.22. The molecule has 0 spiro atoms. The highest BCUT2D eigenvalue weighted by molar-refractivity contribution is 6.08. The number of aryl methyl sites for hydroxylation is 2. The SMILES string of the molecule is Cc1ccc(OC2CCc3c(ccc4c3ccc3ccccc34)C2)c(C23CC4CC(CC(C4)C2)C3)c1. The van der Waals surface area contributed by atoms with Crippen LogP contribution in [0.1, 0.15) is 67.2 Å². The lowest BCUT2D eigenvalue weighted by Gasteiger charge is -2.57. The van der Waals surface area contributed by atoms with Crippen LogP contribution in [0.4, 0.5) is 0 Å². The molecule has 0 amide bonds. The molecular weight excluding hydrogens is 436 g/mol. The third kappa shape index (κ3) is 3.28. The Bertz CT molecular complexity index is 1460. The van der Waals surface area contributed by atoms with E-state index in [4.69, 9.17) is 4.74 Å². The Kier molecular flexibility index (Phi) is 4.64. The molecule has 9 rings (SSSR count). The molecule has 1 nitrogen and oxygen atoms in total. The Balaban J connectivity index is 1.12. The number of benzene rings is 4. The van der Waals surface area contributed by atoms with Crippen molar-refractivity contribution in [2.45, 2.75) is 76.2 Å². The molecule has 0 heterocycles. The highest BCUT2D eigenvalue weighted by Gasteiger charge is 2.52. The number of hydrogen-bond donors (Lipinski definition) is 0. The second-order valence-corrected chi connectivity index (χ2v) is 12.8. The van der Waals surface area contributed by atoms with Crippen LogP contribution < -0.4 is 4.74 Å². The summed E-state index contributed by atoms with van der Waals surface area (Å²) in [7, 11) is 0. The van der Waals surface area contributed by atoms with Gasteiger partial charge in [0.2, 0.25) is 0 Å². The largest absolute Gasteiger partial charge is 0.490 e. The molecule has 182 valence electrons. The maximum absolute atomic E-state index is 6.97. The molecule has 4 aromatic rings. The molecule has 4 fully saturated rings. The molecule has 4 saturated carbocycles. The molecule has 4 bridgehead atoms. The van der Waals surface area contributed by atoms with Gasteiger partial charge >= 0.3 is 0 Å². The van der Waals surface area contributed by atoms with E-state index >= 15 is 0 Å². The molecule has 5 aliphatic carbocycles. The summed E-state index contributed by atoms with van der Waals surface area (Å²) in [5, 5.41) is 5.54. The van der Waals surface area contributed by atoms with Crippen LogP contribution in [-0.4, -0.2) is 6.10 Å². The average Bonchev–Trinajstić information content (AvgIpc) is 2.88. The van der Waals surface area contributed by atoms with Crippen molar-refractivity contribution in [1.82, 2.24) is 0 Å². The fraction of sp³-hybridized carbons (Fsp3) is 0.429.